The molecule has 0 bridgehead atoms. The van der Waals surface area contributed by atoms with E-state index in [2.05, 4.69) is 35.9 Å². The summed E-state index contributed by atoms with van der Waals surface area (Å²) >= 11 is 1.67. The fourth-order valence-corrected chi connectivity index (χ4v) is 4.16. The topological polar surface area (TPSA) is 70.2 Å². The van der Waals surface area contributed by atoms with Crippen LogP contribution < -0.4 is 16.0 Å². The van der Waals surface area contributed by atoms with Gasteiger partial charge in [0.15, 0.2) is 0 Å². The molecule has 1 aromatic heterocycles. The Kier molecular flexibility index (Phi) is 8.25. The molecule has 1 aliphatic carbocycles. The third-order valence-corrected chi connectivity index (χ3v) is 5.59. The number of thiophene rings is 1. The lowest BCUT2D eigenvalue weighted by Gasteiger charge is -2.23. The molecular weight excluding hydrogens is 334 g/mol. The van der Waals surface area contributed by atoms with E-state index < -0.39 is 0 Å². The molecule has 1 aliphatic rings. The van der Waals surface area contributed by atoms with Crippen molar-refractivity contribution in [3.8, 4) is 0 Å². The van der Waals surface area contributed by atoms with E-state index in [0.29, 0.717) is 31.3 Å². The van der Waals surface area contributed by atoms with Crippen molar-refractivity contribution in [2.45, 2.75) is 70.9 Å². The number of rotatable bonds is 8. The summed E-state index contributed by atoms with van der Waals surface area (Å²) in [6.07, 6.45) is 6.91. The van der Waals surface area contributed by atoms with Gasteiger partial charge in [0, 0.05) is 23.9 Å². The second kappa shape index (κ2) is 10.4. The lowest BCUT2D eigenvalue weighted by Crippen LogP contribution is -2.43. The summed E-state index contributed by atoms with van der Waals surface area (Å²) in [5, 5.41) is 11.0. The standard InChI is InChI=1S/C19H31N3O2S/c1-14(2)18(16-10-7-13-25-16)22-17(23)11-6-12-20-19(24)21-15-8-4-3-5-9-15/h7,10,13-15,18H,3-6,8-9,11-12H2,1-2H3,(H,22,23)(H2,20,21,24)/t18-/m0/s1. The summed E-state index contributed by atoms with van der Waals surface area (Å²) in [6.45, 7) is 4.75. The molecule has 1 saturated carbocycles. The number of hydrogen-bond acceptors (Lipinski definition) is 3. The molecule has 1 aromatic rings. The lowest BCUT2D eigenvalue weighted by atomic mass is 9.96. The van der Waals surface area contributed by atoms with Crippen LogP contribution in [0.1, 0.15) is 69.7 Å². The maximum atomic E-state index is 12.2. The van der Waals surface area contributed by atoms with Crippen LogP contribution in [-0.4, -0.2) is 24.5 Å². The number of nitrogens with one attached hydrogen (secondary N) is 3. The maximum Gasteiger partial charge on any atom is 0.315 e. The van der Waals surface area contributed by atoms with Gasteiger partial charge in [-0.25, -0.2) is 4.79 Å². The molecule has 0 radical (unpaired) electrons. The van der Waals surface area contributed by atoms with Gasteiger partial charge in [-0.1, -0.05) is 39.2 Å². The first-order valence-electron chi connectivity index (χ1n) is 9.43. The molecule has 0 saturated heterocycles. The van der Waals surface area contributed by atoms with E-state index in [1.54, 1.807) is 11.3 Å². The zero-order chi connectivity index (χ0) is 18.1. The predicted molar refractivity (Wildman–Crippen MR) is 103 cm³/mol. The number of hydrogen-bond donors (Lipinski definition) is 3. The van der Waals surface area contributed by atoms with Crippen molar-refractivity contribution in [1.82, 2.24) is 16.0 Å². The molecule has 1 atom stereocenters. The molecule has 0 spiro atoms. The molecule has 1 heterocycles. The van der Waals surface area contributed by atoms with E-state index in [0.717, 1.165) is 12.8 Å². The number of urea groups is 1. The average Bonchev–Trinajstić information content (AvgIpc) is 3.11. The monoisotopic (exact) mass is 365 g/mol. The first kappa shape index (κ1) is 19.8. The number of carbonyl (C=O) groups excluding carboxylic acids is 2. The third-order valence-electron chi connectivity index (χ3n) is 4.64. The van der Waals surface area contributed by atoms with Crippen molar-refractivity contribution in [1.29, 1.82) is 0 Å². The highest BCUT2D eigenvalue weighted by Crippen LogP contribution is 2.25. The van der Waals surface area contributed by atoms with Gasteiger partial charge in [0.1, 0.15) is 0 Å². The van der Waals surface area contributed by atoms with Crippen LogP contribution in [-0.2, 0) is 4.79 Å². The molecule has 140 valence electrons. The zero-order valence-corrected chi connectivity index (χ0v) is 16.2. The Morgan fingerprint density at radius 2 is 2.00 bits per heavy atom. The van der Waals surface area contributed by atoms with Crippen molar-refractivity contribution in [2.75, 3.05) is 6.54 Å². The minimum atomic E-state index is -0.106. The molecule has 6 heteroatoms. The Morgan fingerprint density at radius 1 is 1.24 bits per heavy atom. The Labute approximate surface area is 155 Å². The summed E-state index contributed by atoms with van der Waals surface area (Å²) in [5.41, 5.74) is 0. The summed E-state index contributed by atoms with van der Waals surface area (Å²) in [5.74, 6) is 0.392. The molecule has 3 amide bonds. The average molecular weight is 366 g/mol. The third kappa shape index (κ3) is 7.06. The quantitative estimate of drug-likeness (QED) is 0.610. The summed E-state index contributed by atoms with van der Waals surface area (Å²) in [7, 11) is 0. The Morgan fingerprint density at radius 3 is 2.64 bits per heavy atom. The fraction of sp³-hybridized carbons (Fsp3) is 0.684. The molecule has 0 aromatic carbocycles. The molecule has 2 rings (SSSR count). The van der Waals surface area contributed by atoms with E-state index in [1.165, 1.54) is 24.1 Å². The summed E-state index contributed by atoms with van der Waals surface area (Å²) < 4.78 is 0. The van der Waals surface area contributed by atoms with Crippen LogP contribution >= 0.6 is 11.3 Å². The van der Waals surface area contributed by atoms with Gasteiger partial charge in [-0.3, -0.25) is 4.79 Å². The van der Waals surface area contributed by atoms with E-state index in [4.69, 9.17) is 0 Å². The van der Waals surface area contributed by atoms with E-state index in [9.17, 15) is 9.59 Å². The van der Waals surface area contributed by atoms with Gasteiger partial charge in [0.2, 0.25) is 5.91 Å². The van der Waals surface area contributed by atoms with Gasteiger partial charge in [-0.2, -0.15) is 0 Å². The molecule has 25 heavy (non-hydrogen) atoms. The van der Waals surface area contributed by atoms with Crippen molar-refractivity contribution < 1.29 is 9.59 Å². The van der Waals surface area contributed by atoms with Gasteiger partial charge >= 0.3 is 6.03 Å². The maximum absolute atomic E-state index is 12.2. The van der Waals surface area contributed by atoms with Crippen LogP contribution in [0, 0.1) is 5.92 Å². The molecule has 0 unspecified atom stereocenters. The zero-order valence-electron chi connectivity index (χ0n) is 15.3. The summed E-state index contributed by atoms with van der Waals surface area (Å²) in [6, 6.07) is 4.35. The second-order valence-electron chi connectivity index (χ2n) is 7.14. The molecule has 0 aliphatic heterocycles. The first-order valence-corrected chi connectivity index (χ1v) is 10.3. The van der Waals surface area contributed by atoms with Crippen LogP contribution in [0.4, 0.5) is 4.79 Å². The van der Waals surface area contributed by atoms with Crippen molar-refractivity contribution in [3.63, 3.8) is 0 Å². The Hall–Kier alpha value is -1.56. The van der Waals surface area contributed by atoms with Crippen molar-refractivity contribution in [3.05, 3.63) is 22.4 Å². The molecular formula is C19H31N3O2S. The van der Waals surface area contributed by atoms with E-state index >= 15 is 0 Å². The predicted octanol–water partition coefficient (Wildman–Crippen LogP) is 3.97. The second-order valence-corrected chi connectivity index (χ2v) is 8.12. The van der Waals surface area contributed by atoms with Crippen molar-refractivity contribution >= 4 is 23.3 Å². The largest absolute Gasteiger partial charge is 0.348 e. The van der Waals surface area contributed by atoms with Gasteiger partial charge in [-0.15, -0.1) is 11.3 Å². The normalized spacial score (nSPS) is 16.4. The number of amides is 3. The van der Waals surface area contributed by atoms with Crippen LogP contribution in [0.15, 0.2) is 17.5 Å². The minimum Gasteiger partial charge on any atom is -0.348 e. The first-order chi connectivity index (χ1) is 12.1. The van der Waals surface area contributed by atoms with E-state index in [1.807, 2.05) is 11.4 Å². The summed E-state index contributed by atoms with van der Waals surface area (Å²) in [4.78, 5) is 25.2. The SMILES string of the molecule is CC(C)[C@H](NC(=O)CCCNC(=O)NC1CCCCC1)c1cccs1. The highest BCUT2D eigenvalue weighted by Gasteiger charge is 2.19. The van der Waals surface area contributed by atoms with Gasteiger partial charge in [-0.05, 0) is 36.6 Å². The van der Waals surface area contributed by atoms with Crippen LogP contribution in [0.3, 0.4) is 0 Å². The Bertz CT molecular complexity index is 525. The molecule has 1 fully saturated rings. The highest BCUT2D eigenvalue weighted by molar-refractivity contribution is 7.10. The highest BCUT2D eigenvalue weighted by atomic mass is 32.1. The molecule has 3 N–H and O–H groups in total. The molecule has 5 nitrogen and oxygen atoms in total. The fourth-order valence-electron chi connectivity index (χ4n) is 3.21. The van der Waals surface area contributed by atoms with Gasteiger partial charge in [0.25, 0.3) is 0 Å². The van der Waals surface area contributed by atoms with Gasteiger partial charge in [0.05, 0.1) is 6.04 Å². The van der Waals surface area contributed by atoms with Crippen LogP contribution in [0.5, 0.6) is 0 Å². The van der Waals surface area contributed by atoms with Crippen LogP contribution in [0.25, 0.3) is 0 Å². The van der Waals surface area contributed by atoms with Crippen LogP contribution in [0.2, 0.25) is 0 Å². The number of carbonyl (C=O) groups is 2. The lowest BCUT2D eigenvalue weighted by molar-refractivity contribution is -0.122. The Balaban J connectivity index is 1.62. The smallest absolute Gasteiger partial charge is 0.315 e. The van der Waals surface area contributed by atoms with E-state index in [-0.39, 0.29) is 18.0 Å². The van der Waals surface area contributed by atoms with Crippen molar-refractivity contribution in [2.24, 2.45) is 5.92 Å². The van der Waals surface area contributed by atoms with Gasteiger partial charge < -0.3 is 16.0 Å². The minimum absolute atomic E-state index is 0.0431.